The Balaban J connectivity index is 1.55. The summed E-state index contributed by atoms with van der Waals surface area (Å²) in [5.41, 5.74) is 6.10. The van der Waals surface area contributed by atoms with Gasteiger partial charge in [0.25, 0.3) is 5.89 Å². The Morgan fingerprint density at radius 2 is 1.30 bits per heavy atom. The Hall–Kier alpha value is -3.93. The van der Waals surface area contributed by atoms with E-state index in [1.807, 2.05) is 66.7 Å². The summed E-state index contributed by atoms with van der Waals surface area (Å²) < 4.78 is 5.97. The molecule has 6 aromatic rings. The van der Waals surface area contributed by atoms with Crippen LogP contribution < -0.4 is 0 Å². The molecule has 0 unspecified atom stereocenters. The molecule has 0 spiro atoms. The molecule has 0 atom stereocenters. The Morgan fingerprint density at radius 1 is 0.630 bits per heavy atom. The van der Waals surface area contributed by atoms with Crippen LogP contribution in [-0.2, 0) is 0 Å². The molecular weight excluding hydrogens is 338 g/mol. The normalized spacial score (nSPS) is 11.7. The number of H-pyrrole nitrogens is 2. The maximum atomic E-state index is 5.97. The third kappa shape index (κ3) is 2.17. The van der Waals surface area contributed by atoms with Crippen molar-refractivity contribution in [2.45, 2.75) is 0 Å². The van der Waals surface area contributed by atoms with Gasteiger partial charge >= 0.3 is 0 Å². The lowest BCUT2D eigenvalue weighted by Gasteiger charge is -1.96. The number of imidazole rings is 2. The molecule has 27 heavy (non-hydrogen) atoms. The van der Waals surface area contributed by atoms with Gasteiger partial charge in [-0.3, -0.25) is 0 Å². The van der Waals surface area contributed by atoms with E-state index in [1.54, 1.807) is 0 Å². The van der Waals surface area contributed by atoms with Crippen LogP contribution in [0.25, 0.3) is 56.3 Å². The van der Waals surface area contributed by atoms with Gasteiger partial charge < -0.3 is 14.4 Å². The molecule has 0 aliphatic carbocycles. The molecule has 6 rings (SSSR count). The number of nitrogens with one attached hydrogen (secondary N) is 2. The lowest BCUT2D eigenvalue weighted by molar-refractivity contribution is 0.614. The van der Waals surface area contributed by atoms with E-state index in [2.05, 4.69) is 19.9 Å². The van der Waals surface area contributed by atoms with Gasteiger partial charge in [-0.05, 0) is 36.4 Å². The minimum absolute atomic E-state index is 0.463. The summed E-state index contributed by atoms with van der Waals surface area (Å²) in [5, 5.41) is 0. The van der Waals surface area contributed by atoms with Gasteiger partial charge in [-0.15, -0.1) is 0 Å². The summed E-state index contributed by atoms with van der Waals surface area (Å²) in [7, 11) is 0. The van der Waals surface area contributed by atoms with Gasteiger partial charge in [0.05, 0.1) is 22.1 Å². The quantitative estimate of drug-likeness (QED) is 0.464. The van der Waals surface area contributed by atoms with Gasteiger partial charge in [-0.2, -0.15) is 0 Å². The zero-order valence-electron chi connectivity index (χ0n) is 14.1. The highest BCUT2D eigenvalue weighted by Gasteiger charge is 2.17. The minimum Gasteiger partial charge on any atom is -0.434 e. The lowest BCUT2D eigenvalue weighted by Crippen LogP contribution is -1.83. The van der Waals surface area contributed by atoms with Crippen molar-refractivity contribution in [2.75, 3.05) is 0 Å². The molecule has 0 saturated carbocycles. The Morgan fingerprint density at radius 3 is 2.04 bits per heavy atom. The van der Waals surface area contributed by atoms with Crippen molar-refractivity contribution < 1.29 is 4.42 Å². The van der Waals surface area contributed by atoms with Gasteiger partial charge in [0.2, 0.25) is 0 Å². The summed E-state index contributed by atoms with van der Waals surface area (Å²) in [6.45, 7) is 0. The predicted octanol–water partition coefficient (Wildman–Crippen LogP) is 4.91. The highest BCUT2D eigenvalue weighted by molar-refractivity contribution is 5.92. The molecule has 0 radical (unpaired) electrons. The molecule has 0 aliphatic heterocycles. The van der Waals surface area contributed by atoms with Crippen molar-refractivity contribution in [3.05, 3.63) is 66.7 Å². The van der Waals surface area contributed by atoms with Gasteiger partial charge in [0, 0.05) is 5.56 Å². The second-order valence-corrected chi connectivity index (χ2v) is 6.38. The number of aromatic amines is 2. The van der Waals surface area contributed by atoms with Crippen molar-refractivity contribution in [3.63, 3.8) is 0 Å². The first-order chi connectivity index (χ1) is 13.3. The Labute approximate surface area is 152 Å². The zero-order chi connectivity index (χ0) is 17.8. The highest BCUT2D eigenvalue weighted by Crippen LogP contribution is 2.31. The number of hydrogen-bond donors (Lipinski definition) is 2. The van der Waals surface area contributed by atoms with Crippen LogP contribution in [0.1, 0.15) is 0 Å². The van der Waals surface area contributed by atoms with E-state index in [4.69, 9.17) is 9.40 Å². The molecule has 3 aromatic heterocycles. The third-order valence-electron chi connectivity index (χ3n) is 4.66. The molecule has 2 N–H and O–H groups in total. The molecule has 3 aromatic carbocycles. The molecule has 0 fully saturated rings. The smallest absolute Gasteiger partial charge is 0.264 e. The summed E-state index contributed by atoms with van der Waals surface area (Å²) in [6, 6.07) is 21.7. The molecule has 3 heterocycles. The first-order valence-electron chi connectivity index (χ1n) is 8.65. The van der Waals surface area contributed by atoms with E-state index < -0.39 is 0 Å². The summed E-state index contributed by atoms with van der Waals surface area (Å²) >= 11 is 0. The zero-order valence-corrected chi connectivity index (χ0v) is 14.1. The topological polar surface area (TPSA) is 83.4 Å². The maximum absolute atomic E-state index is 5.97. The fourth-order valence-electron chi connectivity index (χ4n) is 3.38. The Kier molecular flexibility index (Phi) is 2.79. The molecular formula is C21H13N5O. The van der Waals surface area contributed by atoms with Gasteiger partial charge in [-0.1, -0.05) is 30.3 Å². The summed E-state index contributed by atoms with van der Waals surface area (Å²) in [4.78, 5) is 20.6. The molecule has 0 saturated heterocycles. The molecule has 0 amide bonds. The molecule has 6 nitrogen and oxygen atoms in total. The van der Waals surface area contributed by atoms with Crippen molar-refractivity contribution in [1.29, 1.82) is 0 Å². The lowest BCUT2D eigenvalue weighted by atomic mass is 10.2. The van der Waals surface area contributed by atoms with Crippen LogP contribution in [0.4, 0.5) is 0 Å². The third-order valence-corrected chi connectivity index (χ3v) is 4.66. The number of nitrogens with zero attached hydrogens (tertiary/aromatic N) is 3. The summed E-state index contributed by atoms with van der Waals surface area (Å²) in [5.74, 6) is 1.85. The number of para-hydroxylation sites is 5. The SMILES string of the molecule is c1ccc2[nH]c(-c3nc4c(-c5nc6ccccc6[nH]5)cccc4o3)nc2c1. The van der Waals surface area contributed by atoms with E-state index >= 15 is 0 Å². The number of hydrogen-bond acceptors (Lipinski definition) is 4. The molecule has 6 heteroatoms. The monoisotopic (exact) mass is 351 g/mol. The van der Waals surface area contributed by atoms with Gasteiger partial charge in [0.15, 0.2) is 11.4 Å². The van der Waals surface area contributed by atoms with Crippen LogP contribution in [0.3, 0.4) is 0 Å². The van der Waals surface area contributed by atoms with E-state index in [0.29, 0.717) is 17.3 Å². The van der Waals surface area contributed by atoms with Crippen LogP contribution in [0.2, 0.25) is 0 Å². The largest absolute Gasteiger partial charge is 0.434 e. The minimum atomic E-state index is 0.463. The molecule has 128 valence electrons. The van der Waals surface area contributed by atoms with E-state index in [9.17, 15) is 0 Å². The second-order valence-electron chi connectivity index (χ2n) is 6.38. The number of benzene rings is 3. The van der Waals surface area contributed by atoms with Crippen LogP contribution in [-0.4, -0.2) is 24.9 Å². The van der Waals surface area contributed by atoms with Crippen LogP contribution in [0, 0.1) is 0 Å². The van der Waals surface area contributed by atoms with Crippen molar-refractivity contribution in [2.24, 2.45) is 0 Å². The number of fused-ring (bicyclic) bond motifs is 3. The molecule has 0 bridgehead atoms. The fourth-order valence-corrected chi connectivity index (χ4v) is 3.38. The first-order valence-corrected chi connectivity index (χ1v) is 8.65. The van der Waals surface area contributed by atoms with E-state index in [-0.39, 0.29) is 0 Å². The van der Waals surface area contributed by atoms with Gasteiger partial charge in [0.1, 0.15) is 11.3 Å². The summed E-state index contributed by atoms with van der Waals surface area (Å²) in [6.07, 6.45) is 0. The standard InChI is InChI=1S/C21H13N5O/c1-2-8-14-13(7-1)22-19(23-14)12-6-5-11-17-18(12)26-21(27-17)20-24-15-9-3-4-10-16(15)25-20/h1-11H,(H,22,23)(H,24,25). The fraction of sp³-hybridized carbons (Fsp3) is 0. The number of aromatic nitrogens is 5. The van der Waals surface area contributed by atoms with Crippen LogP contribution >= 0.6 is 0 Å². The average Bonchev–Trinajstić information content (AvgIpc) is 3.41. The highest BCUT2D eigenvalue weighted by atomic mass is 16.3. The van der Waals surface area contributed by atoms with Crippen molar-refractivity contribution in [1.82, 2.24) is 24.9 Å². The van der Waals surface area contributed by atoms with Crippen LogP contribution in [0.15, 0.2) is 71.1 Å². The maximum Gasteiger partial charge on any atom is 0.264 e. The van der Waals surface area contributed by atoms with Crippen molar-refractivity contribution in [3.8, 4) is 23.1 Å². The van der Waals surface area contributed by atoms with Crippen molar-refractivity contribution >= 4 is 33.2 Å². The van der Waals surface area contributed by atoms with Gasteiger partial charge in [-0.25, -0.2) is 15.0 Å². The van der Waals surface area contributed by atoms with Crippen LogP contribution in [0.5, 0.6) is 0 Å². The second kappa shape index (κ2) is 5.28. The van der Waals surface area contributed by atoms with E-state index in [1.165, 1.54) is 0 Å². The molecule has 0 aliphatic rings. The average molecular weight is 351 g/mol. The predicted molar refractivity (Wildman–Crippen MR) is 104 cm³/mol. The van der Waals surface area contributed by atoms with E-state index in [0.717, 1.165) is 39.0 Å². The Bertz CT molecular complexity index is 1370. The number of oxazole rings is 1. The number of rotatable bonds is 2. The first kappa shape index (κ1) is 14.3.